The summed E-state index contributed by atoms with van der Waals surface area (Å²) in [5.74, 6) is 0.755. The average Bonchev–Trinajstić information content (AvgIpc) is 3.68. The maximum atomic E-state index is 6.54. The predicted molar refractivity (Wildman–Crippen MR) is 173 cm³/mol. The summed E-state index contributed by atoms with van der Waals surface area (Å²) in [5.41, 5.74) is 10.6. The van der Waals surface area contributed by atoms with Gasteiger partial charge >= 0.3 is 0 Å². The Labute approximate surface area is 242 Å². The van der Waals surface area contributed by atoms with Crippen molar-refractivity contribution >= 4 is 82.1 Å². The molecule has 0 saturated carbocycles. The zero-order chi connectivity index (χ0) is 27.8. The van der Waals surface area contributed by atoms with Crippen LogP contribution in [0.5, 0.6) is 0 Å². The van der Waals surface area contributed by atoms with Gasteiger partial charge in [-0.15, -0.1) is 0 Å². The third kappa shape index (κ3) is 2.54. The molecule has 198 valence electrons. The molecule has 0 aliphatic carbocycles. The van der Waals surface area contributed by atoms with Gasteiger partial charge in [0.15, 0.2) is 5.82 Å². The van der Waals surface area contributed by atoms with E-state index in [0.717, 1.165) is 66.7 Å². The van der Waals surface area contributed by atoms with Gasteiger partial charge in [-0.3, -0.25) is 9.55 Å². The van der Waals surface area contributed by atoms with Crippen LogP contribution in [0, 0.1) is 0 Å². The minimum Gasteiger partial charge on any atom is -0.456 e. The van der Waals surface area contributed by atoms with E-state index in [-0.39, 0.29) is 0 Å². The summed E-state index contributed by atoms with van der Waals surface area (Å²) in [5, 5.41) is 7.10. The summed E-state index contributed by atoms with van der Waals surface area (Å²) in [4.78, 5) is 15.1. The molecule has 0 aliphatic rings. The summed E-state index contributed by atoms with van der Waals surface area (Å²) >= 11 is 0. The van der Waals surface area contributed by atoms with Crippen LogP contribution in [0.3, 0.4) is 0 Å². The highest BCUT2D eigenvalue weighted by molar-refractivity contribution is 6.37. The Kier molecular flexibility index (Phi) is 3.75. The van der Waals surface area contributed by atoms with E-state index in [1.54, 1.807) is 0 Å². The van der Waals surface area contributed by atoms with Crippen LogP contribution in [-0.4, -0.2) is 23.9 Å². The highest BCUT2D eigenvalue weighted by Crippen LogP contribution is 2.48. The van der Waals surface area contributed by atoms with Crippen LogP contribution in [0.4, 0.5) is 0 Å². The number of hydrogen-bond acceptors (Lipinski definition) is 4. The topological polar surface area (TPSA) is 61.2 Å². The maximum Gasteiger partial charge on any atom is 0.166 e. The molecule has 0 amide bonds. The molecule has 11 aromatic rings. The van der Waals surface area contributed by atoms with E-state index in [1.807, 2.05) is 48.7 Å². The molecule has 5 aromatic carbocycles. The van der Waals surface area contributed by atoms with Crippen LogP contribution in [0.2, 0.25) is 0 Å². The van der Waals surface area contributed by atoms with Gasteiger partial charge in [0.25, 0.3) is 0 Å². The van der Waals surface area contributed by atoms with Crippen LogP contribution in [0.25, 0.3) is 99.3 Å². The first-order valence-corrected chi connectivity index (χ1v) is 14.4. The van der Waals surface area contributed by atoms with Gasteiger partial charge in [0, 0.05) is 33.1 Å². The maximum absolute atomic E-state index is 6.54. The minimum absolute atomic E-state index is 0.743. The molecule has 0 spiro atoms. The van der Waals surface area contributed by atoms with Gasteiger partial charge in [0.05, 0.1) is 49.7 Å². The predicted octanol–water partition coefficient (Wildman–Crippen LogP) is 9.12. The minimum atomic E-state index is 0.743. The quantitative estimate of drug-likeness (QED) is 0.216. The lowest BCUT2D eigenvalue weighted by molar-refractivity contribution is 0.669. The molecule has 6 heteroatoms. The van der Waals surface area contributed by atoms with Crippen molar-refractivity contribution in [3.63, 3.8) is 0 Å². The SMILES string of the molecule is c1ccc(-c2nc3ccccc3nc2-n2c3ccc4oc5ccc6c7ccccc7n7c8cccc2c8c3c4c5c67)nc1. The van der Waals surface area contributed by atoms with Crippen LogP contribution in [-0.2, 0) is 0 Å². The van der Waals surface area contributed by atoms with E-state index in [9.17, 15) is 0 Å². The summed E-state index contributed by atoms with van der Waals surface area (Å²) < 4.78 is 11.2. The number of pyridine rings is 1. The van der Waals surface area contributed by atoms with E-state index >= 15 is 0 Å². The number of benzene rings is 5. The number of para-hydroxylation sites is 3. The molecule has 0 atom stereocenters. The van der Waals surface area contributed by atoms with Crippen molar-refractivity contribution in [1.29, 1.82) is 0 Å². The lowest BCUT2D eigenvalue weighted by atomic mass is 10.0. The van der Waals surface area contributed by atoms with Crippen molar-refractivity contribution in [3.05, 3.63) is 115 Å². The molecule has 0 bridgehead atoms. The second kappa shape index (κ2) is 7.43. The van der Waals surface area contributed by atoms with Crippen molar-refractivity contribution in [3.8, 4) is 17.2 Å². The fourth-order valence-corrected chi connectivity index (χ4v) is 7.42. The Hall–Kier alpha value is -6.01. The number of nitrogens with zero attached hydrogens (tertiary/aromatic N) is 5. The zero-order valence-electron chi connectivity index (χ0n) is 22.6. The fourth-order valence-electron chi connectivity index (χ4n) is 7.42. The molecule has 43 heavy (non-hydrogen) atoms. The number of hydrogen-bond donors (Lipinski definition) is 0. The molecule has 6 aromatic heterocycles. The van der Waals surface area contributed by atoms with Crippen molar-refractivity contribution in [1.82, 2.24) is 23.9 Å². The third-order valence-electron chi connectivity index (χ3n) is 9.08. The number of aromatic nitrogens is 5. The van der Waals surface area contributed by atoms with Crippen LogP contribution in [0.1, 0.15) is 0 Å². The smallest absolute Gasteiger partial charge is 0.166 e. The molecule has 0 aliphatic heterocycles. The lowest BCUT2D eigenvalue weighted by Crippen LogP contribution is -2.04. The standard InChI is InChI=1S/C37H19N5O/c1-4-12-25-20(8-1)21-15-17-30-34-33-29(43-30)18-16-28-32(33)31-26(41(25)36(21)34)13-7-14-27(31)42(28)37-35(24-11-5-6-19-38-24)39-22-9-2-3-10-23(22)40-37/h1-19H. The van der Waals surface area contributed by atoms with E-state index in [0.29, 0.717) is 0 Å². The van der Waals surface area contributed by atoms with E-state index in [2.05, 4.69) is 75.7 Å². The van der Waals surface area contributed by atoms with Gasteiger partial charge in [-0.25, -0.2) is 9.97 Å². The molecule has 6 nitrogen and oxygen atoms in total. The van der Waals surface area contributed by atoms with Gasteiger partial charge in [0.1, 0.15) is 16.9 Å². The molecular formula is C37H19N5O. The van der Waals surface area contributed by atoms with E-state index in [1.165, 1.54) is 32.6 Å². The Morgan fingerprint density at radius 1 is 0.512 bits per heavy atom. The van der Waals surface area contributed by atoms with Crippen molar-refractivity contribution in [2.45, 2.75) is 0 Å². The van der Waals surface area contributed by atoms with E-state index in [4.69, 9.17) is 19.4 Å². The second-order valence-corrected chi connectivity index (χ2v) is 11.2. The van der Waals surface area contributed by atoms with Crippen molar-refractivity contribution in [2.75, 3.05) is 0 Å². The summed E-state index contributed by atoms with van der Waals surface area (Å²) in [6, 6.07) is 37.8. The highest BCUT2D eigenvalue weighted by atomic mass is 16.3. The molecule has 6 heterocycles. The first-order chi connectivity index (χ1) is 21.3. The van der Waals surface area contributed by atoms with Crippen LogP contribution in [0.15, 0.2) is 120 Å². The van der Waals surface area contributed by atoms with Crippen LogP contribution >= 0.6 is 0 Å². The number of fused-ring (bicyclic) bond motifs is 5. The summed E-state index contributed by atoms with van der Waals surface area (Å²) in [7, 11) is 0. The summed E-state index contributed by atoms with van der Waals surface area (Å²) in [6.07, 6.45) is 1.81. The largest absolute Gasteiger partial charge is 0.456 e. The normalized spacial score (nSPS) is 12.7. The van der Waals surface area contributed by atoms with Crippen molar-refractivity contribution < 1.29 is 4.42 Å². The molecule has 0 fully saturated rings. The Bertz CT molecular complexity index is 2890. The van der Waals surface area contributed by atoms with Gasteiger partial charge in [-0.05, 0) is 66.7 Å². The highest BCUT2D eigenvalue weighted by Gasteiger charge is 2.27. The Balaban J connectivity index is 1.44. The molecule has 0 radical (unpaired) electrons. The molecule has 11 rings (SSSR count). The first kappa shape index (κ1) is 21.7. The monoisotopic (exact) mass is 549 g/mol. The molecule has 0 saturated heterocycles. The molecule has 0 N–H and O–H groups in total. The lowest BCUT2D eigenvalue weighted by Gasteiger charge is -2.13. The average molecular weight is 550 g/mol. The molecular weight excluding hydrogens is 530 g/mol. The fraction of sp³-hybridized carbons (Fsp3) is 0. The van der Waals surface area contributed by atoms with Crippen molar-refractivity contribution in [2.24, 2.45) is 0 Å². The van der Waals surface area contributed by atoms with Gasteiger partial charge in [0.2, 0.25) is 0 Å². The second-order valence-electron chi connectivity index (χ2n) is 11.2. The van der Waals surface area contributed by atoms with Gasteiger partial charge in [-0.1, -0.05) is 42.5 Å². The Morgan fingerprint density at radius 2 is 1.26 bits per heavy atom. The van der Waals surface area contributed by atoms with Gasteiger partial charge in [-0.2, -0.15) is 0 Å². The summed E-state index contributed by atoms with van der Waals surface area (Å²) in [6.45, 7) is 0. The van der Waals surface area contributed by atoms with E-state index < -0.39 is 0 Å². The zero-order valence-corrected chi connectivity index (χ0v) is 22.6. The Morgan fingerprint density at radius 3 is 2.16 bits per heavy atom. The van der Waals surface area contributed by atoms with Gasteiger partial charge < -0.3 is 8.82 Å². The third-order valence-corrected chi connectivity index (χ3v) is 9.08. The number of rotatable bonds is 2. The van der Waals surface area contributed by atoms with Crippen LogP contribution < -0.4 is 0 Å². The molecule has 0 unspecified atom stereocenters. The number of furan rings is 1. The first-order valence-electron chi connectivity index (χ1n) is 14.4.